The summed E-state index contributed by atoms with van der Waals surface area (Å²) in [7, 11) is 3.57. The van der Waals surface area contributed by atoms with E-state index in [-0.39, 0.29) is 19.5 Å². The third-order valence-electron chi connectivity index (χ3n) is 2.24. The average molecular weight is 340 g/mol. The molecule has 0 bridgehead atoms. The molecule has 0 aromatic rings. The van der Waals surface area contributed by atoms with E-state index in [1.807, 2.05) is 24.6 Å². The highest BCUT2D eigenvalue weighted by atomic mass is 33.1. The molecule has 0 aromatic heterocycles. The number of nitrogens with one attached hydrogen (secondary N) is 1. The topological polar surface area (TPSA) is 47.6 Å². The van der Waals surface area contributed by atoms with Crippen LogP contribution in [0.4, 0.5) is 0 Å². The van der Waals surface area contributed by atoms with E-state index in [1.54, 1.807) is 10.8 Å². The summed E-state index contributed by atoms with van der Waals surface area (Å²) in [5.74, 6) is 1.69. The lowest BCUT2D eigenvalue weighted by atomic mass is 10.2. The summed E-state index contributed by atoms with van der Waals surface area (Å²) in [5.41, 5.74) is 0. The molecule has 0 fully saturated rings. The summed E-state index contributed by atoms with van der Waals surface area (Å²) in [6, 6.07) is 0.555. The van der Waals surface area contributed by atoms with Crippen LogP contribution in [0.5, 0.6) is 0 Å². The first-order valence-corrected chi connectivity index (χ1v) is 9.76. The minimum absolute atomic E-state index is 0. The van der Waals surface area contributed by atoms with Gasteiger partial charge in [0, 0.05) is 31.4 Å². The van der Waals surface area contributed by atoms with Crippen LogP contribution in [0.15, 0.2) is 0 Å². The predicted octanol–water partition coefficient (Wildman–Crippen LogP) is 4.10. The largest absolute Gasteiger partial charge is 0.463 e. The fourth-order valence-electron chi connectivity index (χ4n) is 1.37. The average Bonchev–Trinajstić information content (AvgIpc) is 2.34. The highest BCUT2D eigenvalue weighted by molar-refractivity contribution is 8.76. The van der Waals surface area contributed by atoms with Crippen molar-refractivity contribution in [3.8, 4) is 0 Å². The summed E-state index contributed by atoms with van der Waals surface area (Å²) < 4.78 is 10.6. The zero-order valence-electron chi connectivity index (χ0n) is 13.1. The molecule has 0 aliphatic carbocycles. The Morgan fingerprint density at radius 3 is 2.48 bits per heavy atom. The van der Waals surface area contributed by atoms with Crippen LogP contribution < -0.4 is 5.32 Å². The molecule has 1 N–H and O–H groups in total. The van der Waals surface area contributed by atoms with Gasteiger partial charge in [-0.3, -0.25) is 4.79 Å². The van der Waals surface area contributed by atoms with E-state index in [0.29, 0.717) is 25.0 Å². The van der Waals surface area contributed by atoms with Crippen molar-refractivity contribution in [2.75, 3.05) is 24.8 Å². The van der Waals surface area contributed by atoms with E-state index >= 15 is 0 Å². The fourth-order valence-corrected chi connectivity index (χ4v) is 2.96. The van der Waals surface area contributed by atoms with Gasteiger partial charge in [-0.2, -0.15) is 0 Å². The molecule has 0 unspecified atom stereocenters. The van der Waals surface area contributed by atoms with Crippen molar-refractivity contribution in [2.24, 2.45) is 0 Å². The van der Waals surface area contributed by atoms with E-state index in [0.717, 1.165) is 25.1 Å². The number of ether oxygens (including phenoxy) is 2. The van der Waals surface area contributed by atoms with Gasteiger partial charge in [0.1, 0.15) is 5.94 Å². The Morgan fingerprint density at radius 1 is 1.14 bits per heavy atom. The summed E-state index contributed by atoms with van der Waals surface area (Å²) in [5, 5.41) is 3.37. The van der Waals surface area contributed by atoms with Gasteiger partial charge in [-0.05, 0) is 26.7 Å². The zero-order chi connectivity index (χ0) is 15.2. The Hall–Kier alpha value is 0.0900. The van der Waals surface area contributed by atoms with E-state index in [4.69, 9.17) is 9.47 Å². The highest BCUT2D eigenvalue weighted by Gasteiger charge is 2.04. The fraction of sp³-hybridized carbons (Fsp3) is 0.933. The molecular formula is C15H33NO3S2. The van der Waals surface area contributed by atoms with E-state index in [9.17, 15) is 4.79 Å². The Balaban J connectivity index is 0. The molecule has 128 valence electrons. The van der Waals surface area contributed by atoms with Gasteiger partial charge in [-0.25, -0.2) is 0 Å². The van der Waals surface area contributed by atoms with Gasteiger partial charge in [0.2, 0.25) is 0 Å². The van der Waals surface area contributed by atoms with E-state index in [1.165, 1.54) is 0 Å². The molecule has 0 rings (SSSR count). The predicted molar refractivity (Wildman–Crippen MR) is 95.8 cm³/mol. The molecule has 4 nitrogen and oxygen atoms in total. The minimum atomic E-state index is -0.109. The second-order valence-electron chi connectivity index (χ2n) is 5.07. The molecular weight excluding hydrogens is 306 g/mol. The standard InChI is InChI=1S/C14H29NO3S2.CH4/c1-12(2)15-8-10-19-20-11-17-9-6-5-7-14(16)18-13(3)4;/h12-13,15H,5-11H2,1-4H3;1H4. The number of carbonyl (C=O) groups excluding carboxylic acids is 1. The second-order valence-corrected chi connectivity index (χ2v) is 7.60. The van der Waals surface area contributed by atoms with Gasteiger partial charge in [-0.15, -0.1) is 0 Å². The Kier molecular flexibility index (Phi) is 18.3. The zero-order valence-corrected chi connectivity index (χ0v) is 14.8. The normalized spacial score (nSPS) is 10.8. The van der Waals surface area contributed by atoms with Crippen LogP contribution in [0.1, 0.15) is 54.4 Å². The number of carbonyl (C=O) groups is 1. The third-order valence-corrected chi connectivity index (χ3v) is 4.33. The van der Waals surface area contributed by atoms with Gasteiger partial charge in [0.05, 0.1) is 6.10 Å². The summed E-state index contributed by atoms with van der Waals surface area (Å²) >= 11 is 0. The Bertz CT molecular complexity index is 239. The summed E-state index contributed by atoms with van der Waals surface area (Å²) in [6.07, 6.45) is 2.22. The molecule has 0 atom stereocenters. The van der Waals surface area contributed by atoms with Crippen LogP contribution in [0.25, 0.3) is 0 Å². The lowest BCUT2D eigenvalue weighted by molar-refractivity contribution is -0.147. The van der Waals surface area contributed by atoms with Gasteiger partial charge < -0.3 is 14.8 Å². The lowest BCUT2D eigenvalue weighted by Crippen LogP contribution is -2.24. The van der Waals surface area contributed by atoms with Crippen LogP contribution >= 0.6 is 21.6 Å². The van der Waals surface area contributed by atoms with E-state index < -0.39 is 0 Å². The number of hydrogen-bond acceptors (Lipinski definition) is 6. The molecule has 0 heterocycles. The first-order chi connectivity index (χ1) is 9.52. The summed E-state index contributed by atoms with van der Waals surface area (Å²) in [6.45, 7) is 9.79. The molecule has 0 aliphatic rings. The molecule has 0 radical (unpaired) electrons. The van der Waals surface area contributed by atoms with Crippen molar-refractivity contribution >= 4 is 27.6 Å². The molecule has 0 aliphatic heterocycles. The van der Waals surface area contributed by atoms with Crippen molar-refractivity contribution < 1.29 is 14.3 Å². The first kappa shape index (κ1) is 23.4. The second kappa shape index (κ2) is 16.5. The Morgan fingerprint density at radius 2 is 1.86 bits per heavy atom. The number of esters is 1. The lowest BCUT2D eigenvalue weighted by Gasteiger charge is -2.08. The van der Waals surface area contributed by atoms with Gasteiger partial charge in [0.25, 0.3) is 0 Å². The van der Waals surface area contributed by atoms with Crippen molar-refractivity contribution in [1.82, 2.24) is 5.32 Å². The van der Waals surface area contributed by atoms with Gasteiger partial charge in [0.15, 0.2) is 0 Å². The maximum atomic E-state index is 11.3. The first-order valence-electron chi connectivity index (χ1n) is 7.27. The number of unbranched alkanes of at least 4 members (excludes halogenated alkanes) is 1. The van der Waals surface area contributed by atoms with Crippen LogP contribution in [-0.4, -0.2) is 43.0 Å². The molecule has 0 saturated carbocycles. The molecule has 6 heteroatoms. The van der Waals surface area contributed by atoms with Gasteiger partial charge in [-0.1, -0.05) is 42.9 Å². The van der Waals surface area contributed by atoms with Crippen LogP contribution in [-0.2, 0) is 14.3 Å². The number of rotatable bonds is 13. The maximum absolute atomic E-state index is 11.3. The monoisotopic (exact) mass is 339 g/mol. The summed E-state index contributed by atoms with van der Waals surface area (Å²) in [4.78, 5) is 11.3. The van der Waals surface area contributed by atoms with Crippen LogP contribution in [0, 0.1) is 0 Å². The molecule has 0 spiro atoms. The van der Waals surface area contributed by atoms with E-state index in [2.05, 4.69) is 19.2 Å². The quantitative estimate of drug-likeness (QED) is 0.236. The van der Waals surface area contributed by atoms with Crippen molar-refractivity contribution in [3.63, 3.8) is 0 Å². The maximum Gasteiger partial charge on any atom is 0.306 e. The SMILES string of the molecule is C.CC(C)NCCSSCOCCCCC(=O)OC(C)C. The van der Waals surface area contributed by atoms with Crippen molar-refractivity contribution in [3.05, 3.63) is 0 Å². The highest BCUT2D eigenvalue weighted by Crippen LogP contribution is 2.20. The van der Waals surface area contributed by atoms with Crippen LogP contribution in [0.3, 0.4) is 0 Å². The minimum Gasteiger partial charge on any atom is -0.463 e. The van der Waals surface area contributed by atoms with Gasteiger partial charge >= 0.3 is 5.97 Å². The van der Waals surface area contributed by atoms with Crippen LogP contribution in [0.2, 0.25) is 0 Å². The Labute approximate surface area is 138 Å². The molecule has 21 heavy (non-hydrogen) atoms. The van der Waals surface area contributed by atoms with Crippen molar-refractivity contribution in [1.29, 1.82) is 0 Å². The molecule has 0 saturated heterocycles. The third kappa shape index (κ3) is 20.1. The molecule has 0 aromatic carbocycles. The number of hydrogen-bond donors (Lipinski definition) is 1. The smallest absolute Gasteiger partial charge is 0.306 e. The van der Waals surface area contributed by atoms with Crippen molar-refractivity contribution in [2.45, 2.75) is 66.5 Å². The molecule has 0 amide bonds.